The van der Waals surface area contributed by atoms with E-state index in [1.54, 1.807) is 7.05 Å². The number of hydrogen-bond acceptors (Lipinski definition) is 4. The molecule has 8 heteroatoms. The first-order valence-electron chi connectivity index (χ1n) is 10.3. The quantitative estimate of drug-likeness (QED) is 0.521. The first kappa shape index (κ1) is 21.5. The van der Waals surface area contributed by atoms with Crippen molar-refractivity contribution in [2.45, 2.75) is 32.0 Å². The first-order valence-corrected chi connectivity index (χ1v) is 10.3. The van der Waals surface area contributed by atoms with Crippen LogP contribution in [-0.4, -0.2) is 86.5 Å². The van der Waals surface area contributed by atoms with Gasteiger partial charge in [0.05, 0.1) is 6.54 Å². The predicted molar refractivity (Wildman–Crippen MR) is 113 cm³/mol. The van der Waals surface area contributed by atoms with E-state index in [1.807, 2.05) is 31.1 Å². The molecule has 0 aromatic heterocycles. The van der Waals surface area contributed by atoms with Crippen molar-refractivity contribution in [3.8, 4) is 0 Å². The predicted octanol–water partition coefficient (Wildman–Crippen LogP) is 0.859. The lowest BCUT2D eigenvalue weighted by Crippen LogP contribution is -2.54. The third-order valence-electron chi connectivity index (χ3n) is 5.24. The van der Waals surface area contributed by atoms with Gasteiger partial charge in [-0.25, -0.2) is 4.39 Å². The molecule has 1 saturated heterocycles. The number of aliphatic imine (C=N–C) groups is 1. The number of amides is 1. The first-order chi connectivity index (χ1) is 13.9. The van der Waals surface area contributed by atoms with E-state index in [4.69, 9.17) is 0 Å². The lowest BCUT2D eigenvalue weighted by atomic mass is 10.1. The summed E-state index contributed by atoms with van der Waals surface area (Å²) in [6.45, 7) is 4.96. The molecule has 0 bridgehead atoms. The molecule has 3 rings (SSSR count). The molecule has 0 radical (unpaired) electrons. The number of carbonyl (C=O) groups is 1. The summed E-state index contributed by atoms with van der Waals surface area (Å²) in [5, 5.41) is 6.43. The Morgan fingerprint density at radius 1 is 1.24 bits per heavy atom. The fourth-order valence-corrected chi connectivity index (χ4v) is 3.54. The zero-order valence-corrected chi connectivity index (χ0v) is 17.7. The van der Waals surface area contributed by atoms with E-state index in [0.717, 1.165) is 50.5 Å². The maximum absolute atomic E-state index is 14.0. The van der Waals surface area contributed by atoms with Gasteiger partial charge in [0.25, 0.3) is 0 Å². The molecule has 0 spiro atoms. The monoisotopic (exact) mass is 404 g/mol. The van der Waals surface area contributed by atoms with Crippen LogP contribution in [0.4, 0.5) is 4.39 Å². The van der Waals surface area contributed by atoms with Gasteiger partial charge in [-0.15, -0.1) is 0 Å². The Hall–Kier alpha value is -2.19. The normalized spacial score (nSPS) is 18.2. The van der Waals surface area contributed by atoms with Gasteiger partial charge in [0, 0.05) is 57.9 Å². The second kappa shape index (κ2) is 10.0. The van der Waals surface area contributed by atoms with E-state index in [-0.39, 0.29) is 11.7 Å². The van der Waals surface area contributed by atoms with E-state index in [9.17, 15) is 9.18 Å². The van der Waals surface area contributed by atoms with Crippen molar-refractivity contribution >= 4 is 11.9 Å². The Kier molecular flexibility index (Phi) is 7.44. The SMILES string of the molecule is CN=C(NCc1ccc(F)c(CN(C)C)c1)N1CCN(CC(=O)NC2CC2)CC1. The smallest absolute Gasteiger partial charge is 0.234 e. The highest BCUT2D eigenvalue weighted by Crippen LogP contribution is 2.18. The average molecular weight is 405 g/mol. The maximum Gasteiger partial charge on any atom is 0.234 e. The Morgan fingerprint density at radius 3 is 2.59 bits per heavy atom. The topological polar surface area (TPSA) is 63.2 Å². The van der Waals surface area contributed by atoms with Crippen LogP contribution in [0.2, 0.25) is 0 Å². The van der Waals surface area contributed by atoms with Crippen molar-refractivity contribution in [1.29, 1.82) is 0 Å². The van der Waals surface area contributed by atoms with Crippen LogP contribution in [0.25, 0.3) is 0 Å². The van der Waals surface area contributed by atoms with Crippen molar-refractivity contribution in [2.75, 3.05) is 53.9 Å². The summed E-state index contributed by atoms with van der Waals surface area (Å²) in [6.07, 6.45) is 2.23. The van der Waals surface area contributed by atoms with E-state index in [1.165, 1.54) is 6.07 Å². The molecule has 1 saturated carbocycles. The molecule has 160 valence electrons. The number of nitrogens with zero attached hydrogens (tertiary/aromatic N) is 4. The van der Waals surface area contributed by atoms with Gasteiger partial charge in [-0.05, 0) is 44.6 Å². The largest absolute Gasteiger partial charge is 0.352 e. The van der Waals surface area contributed by atoms with Crippen LogP contribution in [0, 0.1) is 5.82 Å². The standard InChI is InChI=1S/C21H33FN6O/c1-23-21(24-13-16-4-7-19(22)17(12-16)14-26(2)3)28-10-8-27(9-11-28)15-20(29)25-18-5-6-18/h4,7,12,18H,5-6,8-11,13-15H2,1-3H3,(H,23,24)(H,25,29). The third-order valence-corrected chi connectivity index (χ3v) is 5.24. The van der Waals surface area contributed by atoms with Crippen LogP contribution in [0.1, 0.15) is 24.0 Å². The number of guanidine groups is 1. The van der Waals surface area contributed by atoms with Gasteiger partial charge >= 0.3 is 0 Å². The molecule has 2 N–H and O–H groups in total. The molecule has 0 atom stereocenters. The fraction of sp³-hybridized carbons (Fsp3) is 0.619. The summed E-state index contributed by atoms with van der Waals surface area (Å²) >= 11 is 0. The zero-order valence-electron chi connectivity index (χ0n) is 17.7. The van der Waals surface area contributed by atoms with Crippen LogP contribution in [-0.2, 0) is 17.9 Å². The number of rotatable bonds is 7. The Bertz CT molecular complexity index is 726. The lowest BCUT2D eigenvalue weighted by molar-refractivity contribution is -0.122. The third kappa shape index (κ3) is 6.68. The summed E-state index contributed by atoms with van der Waals surface area (Å²) in [5.41, 5.74) is 1.72. The minimum Gasteiger partial charge on any atom is -0.352 e. The minimum absolute atomic E-state index is 0.133. The Balaban J connectivity index is 1.46. The molecule has 2 fully saturated rings. The van der Waals surface area contributed by atoms with Gasteiger partial charge in [0.15, 0.2) is 5.96 Å². The molecule has 1 aromatic carbocycles. The number of benzene rings is 1. The van der Waals surface area contributed by atoms with Crippen molar-refractivity contribution in [2.24, 2.45) is 4.99 Å². The van der Waals surface area contributed by atoms with Crippen LogP contribution >= 0.6 is 0 Å². The van der Waals surface area contributed by atoms with Gasteiger partial charge < -0.3 is 20.4 Å². The van der Waals surface area contributed by atoms with Crippen LogP contribution in [0.5, 0.6) is 0 Å². The van der Waals surface area contributed by atoms with Crippen LogP contribution in [0.3, 0.4) is 0 Å². The fourth-order valence-electron chi connectivity index (χ4n) is 3.54. The molecule has 7 nitrogen and oxygen atoms in total. The van der Waals surface area contributed by atoms with E-state index in [2.05, 4.69) is 25.4 Å². The molecule has 1 aromatic rings. The molecule has 2 aliphatic rings. The number of halogens is 1. The second-order valence-electron chi connectivity index (χ2n) is 8.17. The van der Waals surface area contributed by atoms with Crippen molar-refractivity contribution in [3.63, 3.8) is 0 Å². The molecular weight excluding hydrogens is 371 g/mol. The molecule has 1 amide bonds. The molecule has 1 heterocycles. The number of piperazine rings is 1. The minimum atomic E-state index is -0.173. The second-order valence-corrected chi connectivity index (χ2v) is 8.17. The Morgan fingerprint density at radius 2 is 1.97 bits per heavy atom. The van der Waals surface area contributed by atoms with Crippen molar-refractivity contribution < 1.29 is 9.18 Å². The maximum atomic E-state index is 14.0. The van der Waals surface area contributed by atoms with Crippen LogP contribution in [0.15, 0.2) is 23.2 Å². The highest BCUT2D eigenvalue weighted by Gasteiger charge is 2.25. The summed E-state index contributed by atoms with van der Waals surface area (Å²) in [5.74, 6) is 0.799. The van der Waals surface area contributed by atoms with Gasteiger partial charge in [0.2, 0.25) is 5.91 Å². The van der Waals surface area contributed by atoms with E-state index in [0.29, 0.717) is 31.2 Å². The number of hydrogen-bond donors (Lipinski definition) is 2. The zero-order chi connectivity index (χ0) is 20.8. The molecule has 0 unspecified atom stereocenters. The van der Waals surface area contributed by atoms with Gasteiger partial charge in [0.1, 0.15) is 5.82 Å². The summed E-state index contributed by atoms with van der Waals surface area (Å²) in [7, 11) is 5.64. The molecular formula is C21H33FN6O. The van der Waals surface area contributed by atoms with Gasteiger partial charge in [-0.2, -0.15) is 0 Å². The van der Waals surface area contributed by atoms with Gasteiger partial charge in [-0.3, -0.25) is 14.7 Å². The van der Waals surface area contributed by atoms with E-state index < -0.39 is 0 Å². The summed E-state index contributed by atoms with van der Waals surface area (Å²) < 4.78 is 14.0. The molecule has 1 aliphatic heterocycles. The lowest BCUT2D eigenvalue weighted by Gasteiger charge is -2.36. The van der Waals surface area contributed by atoms with Crippen LogP contribution < -0.4 is 10.6 Å². The highest BCUT2D eigenvalue weighted by molar-refractivity contribution is 5.80. The Labute approximate surface area is 172 Å². The number of carbonyl (C=O) groups excluding carboxylic acids is 1. The summed E-state index contributed by atoms with van der Waals surface area (Å²) in [6, 6.07) is 5.66. The summed E-state index contributed by atoms with van der Waals surface area (Å²) in [4.78, 5) is 22.7. The van der Waals surface area contributed by atoms with Crippen molar-refractivity contribution in [3.05, 3.63) is 35.1 Å². The van der Waals surface area contributed by atoms with E-state index >= 15 is 0 Å². The number of nitrogens with one attached hydrogen (secondary N) is 2. The van der Waals surface area contributed by atoms with Gasteiger partial charge in [-0.1, -0.05) is 6.07 Å². The average Bonchev–Trinajstić information content (AvgIpc) is 3.49. The highest BCUT2D eigenvalue weighted by atomic mass is 19.1. The molecule has 29 heavy (non-hydrogen) atoms. The molecule has 1 aliphatic carbocycles. The van der Waals surface area contributed by atoms with Crippen molar-refractivity contribution in [1.82, 2.24) is 25.3 Å².